The molecule has 0 radical (unpaired) electrons. The number of ether oxygens (including phenoxy) is 1. The molecule has 32 heavy (non-hydrogen) atoms. The zero-order valence-electron chi connectivity index (χ0n) is 17.7. The zero-order chi connectivity index (χ0) is 23.7. The molecule has 170 valence electrons. The number of amides is 3. The van der Waals surface area contributed by atoms with Crippen LogP contribution in [-0.4, -0.2) is 46.2 Å². The Morgan fingerprint density at radius 3 is 2.50 bits per heavy atom. The first-order valence-electron chi connectivity index (χ1n) is 9.75. The van der Waals surface area contributed by atoms with Crippen LogP contribution < -0.4 is 21.7 Å². The largest absolute Gasteiger partial charge is 0.466 e. The molecule has 11 nitrogen and oxygen atoms in total. The van der Waals surface area contributed by atoms with Crippen molar-refractivity contribution in [3.63, 3.8) is 0 Å². The van der Waals surface area contributed by atoms with E-state index in [1.165, 1.54) is 36.7 Å². The van der Waals surface area contributed by atoms with Crippen molar-refractivity contribution in [2.75, 3.05) is 11.9 Å². The van der Waals surface area contributed by atoms with E-state index in [1.807, 2.05) is 0 Å². The molecule has 1 unspecified atom stereocenters. The number of aromatic nitrogens is 1. The third-order valence-corrected chi connectivity index (χ3v) is 4.32. The smallest absolute Gasteiger partial charge is 0.321 e. The fourth-order valence-electron chi connectivity index (χ4n) is 2.69. The second-order valence-electron chi connectivity index (χ2n) is 6.96. The molecule has 7 N–H and O–H groups in total. The monoisotopic (exact) mass is 442 g/mol. The summed E-state index contributed by atoms with van der Waals surface area (Å²) in [4.78, 5) is 40.9. The molecule has 0 bridgehead atoms. The molecule has 0 fully saturated rings. The molecular formula is C21H26N6O5. The zero-order valence-corrected chi connectivity index (χ0v) is 17.7. The van der Waals surface area contributed by atoms with E-state index in [0.717, 1.165) is 6.92 Å². The summed E-state index contributed by atoms with van der Waals surface area (Å²) in [6, 6.07) is 7.74. The van der Waals surface area contributed by atoms with E-state index in [2.05, 4.69) is 20.9 Å². The van der Waals surface area contributed by atoms with Gasteiger partial charge in [0.2, 0.25) is 5.72 Å². The van der Waals surface area contributed by atoms with E-state index in [-0.39, 0.29) is 18.9 Å². The number of urea groups is 1. The first-order chi connectivity index (χ1) is 15.1. The molecular weight excluding hydrogens is 416 g/mol. The molecule has 0 aliphatic rings. The molecule has 0 saturated carbocycles. The van der Waals surface area contributed by atoms with Gasteiger partial charge in [-0.15, -0.1) is 0 Å². The highest BCUT2D eigenvalue weighted by atomic mass is 16.5. The molecule has 2 aromatic rings. The van der Waals surface area contributed by atoms with Crippen LogP contribution >= 0.6 is 0 Å². The minimum atomic E-state index is -2.29. The Bertz CT molecular complexity index is 962. The number of benzene rings is 1. The number of nitrogen functional groups attached to an aromatic ring is 1. The van der Waals surface area contributed by atoms with E-state index in [4.69, 9.17) is 15.9 Å². The highest BCUT2D eigenvalue weighted by molar-refractivity contribution is 5.97. The first kappa shape index (κ1) is 24.3. The van der Waals surface area contributed by atoms with Gasteiger partial charge in [0.1, 0.15) is 5.84 Å². The molecule has 1 aromatic carbocycles. The summed E-state index contributed by atoms with van der Waals surface area (Å²) in [6.45, 7) is 2.95. The minimum absolute atomic E-state index is 0.119. The highest BCUT2D eigenvalue weighted by Crippen LogP contribution is 2.18. The lowest BCUT2D eigenvalue weighted by Gasteiger charge is -2.27. The summed E-state index contributed by atoms with van der Waals surface area (Å²) < 4.78 is 4.94. The molecule has 0 saturated heterocycles. The Labute approximate surface area is 184 Å². The predicted octanol–water partition coefficient (Wildman–Crippen LogP) is 1.01. The van der Waals surface area contributed by atoms with Gasteiger partial charge in [0.15, 0.2) is 0 Å². The number of nitrogens with one attached hydrogen (secondary N) is 4. The van der Waals surface area contributed by atoms with Gasteiger partial charge in [0.05, 0.1) is 19.1 Å². The van der Waals surface area contributed by atoms with Gasteiger partial charge in [0.25, 0.3) is 5.91 Å². The number of hydrogen-bond acceptors (Lipinski definition) is 7. The number of nitrogens with two attached hydrogens (primary N) is 1. The van der Waals surface area contributed by atoms with E-state index in [9.17, 15) is 19.5 Å². The number of rotatable bonds is 9. The maximum atomic E-state index is 12.7. The third-order valence-electron chi connectivity index (χ3n) is 4.32. The van der Waals surface area contributed by atoms with Gasteiger partial charge >= 0.3 is 12.0 Å². The maximum absolute atomic E-state index is 12.7. The van der Waals surface area contributed by atoms with Gasteiger partial charge in [-0.05, 0) is 49.7 Å². The quantitative estimate of drug-likeness (QED) is 0.145. The van der Waals surface area contributed by atoms with E-state index >= 15 is 0 Å². The van der Waals surface area contributed by atoms with E-state index in [1.54, 1.807) is 19.1 Å². The summed E-state index contributed by atoms with van der Waals surface area (Å²) in [5.41, 5.74) is 4.46. The van der Waals surface area contributed by atoms with Crippen LogP contribution in [0.2, 0.25) is 0 Å². The van der Waals surface area contributed by atoms with Crippen molar-refractivity contribution >= 4 is 29.4 Å². The standard InChI is InChI=1S/C21H26N6O5/c1-3-32-17(28)11-16(14-5-4-10-24-12-14)26-19(29)21(2,31)27-20(30)25-15-8-6-13(7-9-15)18(22)23/h4-10,12,16,31H,3,11H2,1-2H3,(H3,22,23)(H,26,29)(H2,25,27,30)/t16?,21-/m0/s1. The van der Waals surface area contributed by atoms with Crippen molar-refractivity contribution < 1.29 is 24.2 Å². The van der Waals surface area contributed by atoms with Gasteiger partial charge < -0.3 is 31.5 Å². The molecule has 0 aliphatic carbocycles. The maximum Gasteiger partial charge on any atom is 0.321 e. The van der Waals surface area contributed by atoms with Gasteiger partial charge in [-0.3, -0.25) is 20.0 Å². The van der Waals surface area contributed by atoms with Crippen LogP contribution in [0.15, 0.2) is 48.8 Å². The van der Waals surface area contributed by atoms with Crippen LogP contribution in [0.3, 0.4) is 0 Å². The van der Waals surface area contributed by atoms with E-state index in [0.29, 0.717) is 16.8 Å². The molecule has 11 heteroatoms. The predicted molar refractivity (Wildman–Crippen MR) is 117 cm³/mol. The second kappa shape index (κ2) is 10.9. The van der Waals surface area contributed by atoms with Crippen molar-refractivity contribution in [2.45, 2.75) is 32.0 Å². The molecule has 0 aliphatic heterocycles. The SMILES string of the molecule is CCOC(=O)CC(NC(=O)[C@](C)(O)NC(=O)Nc1ccc(C(=N)N)cc1)c1cccnc1. The molecule has 2 rings (SSSR count). The normalized spacial score (nSPS) is 13.2. The van der Waals surface area contributed by atoms with Crippen molar-refractivity contribution in [1.29, 1.82) is 5.41 Å². The summed E-state index contributed by atoms with van der Waals surface area (Å²) >= 11 is 0. The number of pyridine rings is 1. The molecule has 0 spiro atoms. The summed E-state index contributed by atoms with van der Waals surface area (Å²) in [5.74, 6) is -1.59. The first-order valence-corrected chi connectivity index (χ1v) is 9.75. The number of carbonyl (C=O) groups is 3. The number of hydrogen-bond donors (Lipinski definition) is 6. The van der Waals surface area contributed by atoms with Gasteiger partial charge in [-0.1, -0.05) is 6.07 Å². The van der Waals surface area contributed by atoms with Gasteiger partial charge in [-0.2, -0.15) is 0 Å². The lowest BCUT2D eigenvalue weighted by Crippen LogP contribution is -2.58. The van der Waals surface area contributed by atoms with Crippen LogP contribution in [0, 0.1) is 5.41 Å². The average molecular weight is 442 g/mol. The number of aliphatic hydroxyl groups is 1. The Morgan fingerprint density at radius 1 is 1.25 bits per heavy atom. The molecule has 1 heterocycles. The Hall–Kier alpha value is -3.99. The van der Waals surface area contributed by atoms with Crippen molar-refractivity contribution in [3.05, 3.63) is 59.9 Å². The Kier molecular flexibility index (Phi) is 8.24. The molecule has 2 atom stereocenters. The van der Waals surface area contributed by atoms with Crippen molar-refractivity contribution in [1.82, 2.24) is 15.6 Å². The number of carbonyl (C=O) groups excluding carboxylic acids is 3. The summed E-state index contributed by atoms with van der Waals surface area (Å²) in [6.07, 6.45) is 2.83. The molecule has 1 aromatic heterocycles. The van der Waals surface area contributed by atoms with E-state index < -0.39 is 29.7 Å². The Balaban J connectivity index is 2.05. The van der Waals surface area contributed by atoms with Gasteiger partial charge in [0, 0.05) is 23.6 Å². The molecule has 3 amide bonds. The fourth-order valence-corrected chi connectivity index (χ4v) is 2.69. The van der Waals surface area contributed by atoms with Crippen LogP contribution in [-0.2, 0) is 14.3 Å². The number of amidine groups is 1. The lowest BCUT2D eigenvalue weighted by molar-refractivity contribution is -0.145. The topological polar surface area (TPSA) is 180 Å². The fraction of sp³-hybridized carbons (Fsp3) is 0.286. The highest BCUT2D eigenvalue weighted by Gasteiger charge is 2.34. The summed E-state index contributed by atoms with van der Waals surface area (Å²) in [7, 11) is 0. The summed E-state index contributed by atoms with van der Waals surface area (Å²) in [5, 5.41) is 25.1. The van der Waals surface area contributed by atoms with Crippen molar-refractivity contribution in [2.24, 2.45) is 5.73 Å². The third kappa shape index (κ3) is 7.06. The van der Waals surface area contributed by atoms with Crippen LogP contribution in [0.4, 0.5) is 10.5 Å². The Morgan fingerprint density at radius 2 is 1.94 bits per heavy atom. The van der Waals surface area contributed by atoms with Gasteiger partial charge in [-0.25, -0.2) is 4.79 Å². The van der Waals surface area contributed by atoms with Crippen molar-refractivity contribution in [3.8, 4) is 0 Å². The van der Waals surface area contributed by atoms with Crippen LogP contribution in [0.1, 0.15) is 37.4 Å². The van der Waals surface area contributed by atoms with Crippen LogP contribution in [0.25, 0.3) is 0 Å². The number of anilines is 1. The lowest BCUT2D eigenvalue weighted by atomic mass is 10.0. The number of esters is 1. The average Bonchev–Trinajstić information content (AvgIpc) is 2.74. The van der Waals surface area contributed by atoms with Crippen LogP contribution in [0.5, 0.6) is 0 Å². The second-order valence-corrected chi connectivity index (χ2v) is 6.96. The number of nitrogens with zero attached hydrogens (tertiary/aromatic N) is 1. The minimum Gasteiger partial charge on any atom is -0.466 e.